The lowest BCUT2D eigenvalue weighted by Gasteiger charge is -2.40. The minimum absolute atomic E-state index is 0. The van der Waals surface area contributed by atoms with Gasteiger partial charge >= 0.3 is 6.09 Å². The summed E-state index contributed by atoms with van der Waals surface area (Å²) in [6, 6.07) is 0.200. The molecule has 0 saturated carbocycles. The van der Waals surface area contributed by atoms with Crippen molar-refractivity contribution in [1.29, 1.82) is 0 Å². The number of aromatic nitrogens is 1. The van der Waals surface area contributed by atoms with E-state index < -0.39 is 5.60 Å². The smallest absolute Gasteiger partial charge is 0.410 e. The van der Waals surface area contributed by atoms with E-state index in [9.17, 15) is 4.79 Å². The Bertz CT molecular complexity index is 636. The SMILES string of the molecule is CN=C(NCCc1sc(C)nc1C)NC1CN(C(=O)OC(C)(C)C)C1.I. The first kappa shape index (κ1) is 22.9. The van der Waals surface area contributed by atoms with Gasteiger partial charge in [-0.05, 0) is 34.6 Å². The van der Waals surface area contributed by atoms with Gasteiger partial charge < -0.3 is 20.3 Å². The second kappa shape index (κ2) is 9.72. The van der Waals surface area contributed by atoms with E-state index in [4.69, 9.17) is 4.74 Å². The summed E-state index contributed by atoms with van der Waals surface area (Å²) in [7, 11) is 1.75. The van der Waals surface area contributed by atoms with Crippen molar-refractivity contribution in [2.45, 2.75) is 52.7 Å². The van der Waals surface area contributed by atoms with Gasteiger partial charge in [0.2, 0.25) is 0 Å². The number of aliphatic imine (C=N–C) groups is 1. The molecule has 1 aromatic rings. The highest BCUT2D eigenvalue weighted by atomic mass is 127. The van der Waals surface area contributed by atoms with Crippen molar-refractivity contribution in [1.82, 2.24) is 20.5 Å². The largest absolute Gasteiger partial charge is 0.444 e. The fraction of sp³-hybridized carbons (Fsp3) is 0.706. The highest BCUT2D eigenvalue weighted by Crippen LogP contribution is 2.17. The molecule has 1 saturated heterocycles. The van der Waals surface area contributed by atoms with Crippen LogP contribution in [0.1, 0.15) is 36.3 Å². The first-order valence-corrected chi connectivity index (χ1v) is 9.37. The number of carbonyl (C=O) groups is 1. The van der Waals surface area contributed by atoms with Gasteiger partial charge in [-0.25, -0.2) is 9.78 Å². The van der Waals surface area contributed by atoms with Crippen LogP contribution < -0.4 is 10.6 Å². The molecule has 1 aliphatic rings. The van der Waals surface area contributed by atoms with Crippen LogP contribution in [0, 0.1) is 13.8 Å². The van der Waals surface area contributed by atoms with E-state index >= 15 is 0 Å². The monoisotopic (exact) mass is 495 g/mol. The fourth-order valence-corrected chi connectivity index (χ4v) is 3.47. The molecule has 2 rings (SSSR count). The minimum atomic E-state index is -0.458. The highest BCUT2D eigenvalue weighted by molar-refractivity contribution is 14.0. The van der Waals surface area contributed by atoms with Crippen molar-refractivity contribution in [3.05, 3.63) is 15.6 Å². The topological polar surface area (TPSA) is 78.9 Å². The van der Waals surface area contributed by atoms with E-state index in [1.54, 1.807) is 23.3 Å². The molecule has 1 aliphatic heterocycles. The van der Waals surface area contributed by atoms with Crippen molar-refractivity contribution in [3.8, 4) is 0 Å². The average molecular weight is 495 g/mol. The van der Waals surface area contributed by atoms with Gasteiger partial charge in [0.15, 0.2) is 5.96 Å². The van der Waals surface area contributed by atoms with Crippen molar-refractivity contribution < 1.29 is 9.53 Å². The van der Waals surface area contributed by atoms with Gasteiger partial charge in [-0.1, -0.05) is 0 Å². The zero-order chi connectivity index (χ0) is 18.6. The molecule has 0 bridgehead atoms. The summed E-state index contributed by atoms with van der Waals surface area (Å²) >= 11 is 1.74. The molecule has 148 valence electrons. The Kier molecular flexibility index (Phi) is 8.58. The number of rotatable bonds is 4. The molecule has 2 N–H and O–H groups in total. The zero-order valence-corrected chi connectivity index (χ0v) is 19.5. The lowest BCUT2D eigenvalue weighted by molar-refractivity contribution is 0.00701. The third-order valence-corrected chi connectivity index (χ3v) is 4.87. The standard InChI is InChI=1S/C17H29N5O2S.HI/c1-11-14(25-12(2)20-11)7-8-19-15(18-6)21-13-9-22(10-13)16(23)24-17(3,4)5;/h13H,7-10H2,1-6H3,(H2,18,19,21);1H. The predicted octanol–water partition coefficient (Wildman–Crippen LogP) is 2.70. The van der Waals surface area contributed by atoms with Crippen LogP contribution in [0.4, 0.5) is 4.79 Å². The fourth-order valence-electron chi connectivity index (χ4n) is 2.53. The van der Waals surface area contributed by atoms with Gasteiger partial charge in [-0.3, -0.25) is 4.99 Å². The molecular formula is C17H30IN5O2S. The Labute approximate surface area is 177 Å². The number of hydrogen-bond donors (Lipinski definition) is 2. The van der Waals surface area contributed by atoms with Gasteiger partial charge in [-0.2, -0.15) is 0 Å². The van der Waals surface area contributed by atoms with Crippen LogP contribution in [-0.4, -0.2) is 60.3 Å². The van der Waals surface area contributed by atoms with Crippen LogP contribution in [0.5, 0.6) is 0 Å². The lowest BCUT2D eigenvalue weighted by Crippen LogP contribution is -2.63. The number of nitrogens with zero attached hydrogens (tertiary/aromatic N) is 3. The molecule has 0 atom stereocenters. The number of nitrogens with one attached hydrogen (secondary N) is 2. The number of ether oxygens (including phenoxy) is 1. The third-order valence-electron chi connectivity index (χ3n) is 3.74. The van der Waals surface area contributed by atoms with E-state index in [1.807, 2.05) is 34.6 Å². The molecule has 0 spiro atoms. The lowest BCUT2D eigenvalue weighted by atomic mass is 10.1. The first-order valence-electron chi connectivity index (χ1n) is 8.56. The molecular weight excluding hydrogens is 465 g/mol. The van der Waals surface area contributed by atoms with E-state index in [0.29, 0.717) is 13.1 Å². The van der Waals surface area contributed by atoms with Gasteiger partial charge in [0.05, 0.1) is 16.7 Å². The number of amides is 1. The number of thiazole rings is 1. The Hall–Kier alpha value is -1.10. The van der Waals surface area contributed by atoms with E-state index in [0.717, 1.165) is 29.6 Å². The van der Waals surface area contributed by atoms with Crippen molar-refractivity contribution in [2.75, 3.05) is 26.7 Å². The summed E-state index contributed by atoms with van der Waals surface area (Å²) < 4.78 is 5.36. The Morgan fingerprint density at radius 2 is 2.04 bits per heavy atom. The highest BCUT2D eigenvalue weighted by Gasteiger charge is 2.34. The first-order chi connectivity index (χ1) is 11.7. The minimum Gasteiger partial charge on any atom is -0.444 e. The van der Waals surface area contributed by atoms with E-state index in [-0.39, 0.29) is 36.1 Å². The summed E-state index contributed by atoms with van der Waals surface area (Å²) in [4.78, 5) is 23.6. The maximum Gasteiger partial charge on any atom is 0.410 e. The van der Waals surface area contributed by atoms with E-state index in [2.05, 4.69) is 20.6 Å². The third kappa shape index (κ3) is 6.90. The van der Waals surface area contributed by atoms with Crippen molar-refractivity contribution in [3.63, 3.8) is 0 Å². The zero-order valence-electron chi connectivity index (χ0n) is 16.4. The van der Waals surface area contributed by atoms with Crippen LogP contribution in [0.25, 0.3) is 0 Å². The number of carbonyl (C=O) groups excluding carboxylic acids is 1. The maximum absolute atomic E-state index is 11.9. The summed E-state index contributed by atoms with van der Waals surface area (Å²) in [5.74, 6) is 0.757. The molecule has 2 heterocycles. The summed E-state index contributed by atoms with van der Waals surface area (Å²) in [6.45, 7) is 11.7. The molecule has 0 aromatic carbocycles. The molecule has 0 unspecified atom stereocenters. The molecule has 0 radical (unpaired) electrons. The summed E-state index contributed by atoms with van der Waals surface area (Å²) in [5.41, 5.74) is 0.652. The van der Waals surface area contributed by atoms with Crippen LogP contribution in [0.15, 0.2) is 4.99 Å². The second-order valence-corrected chi connectivity index (χ2v) is 8.50. The van der Waals surface area contributed by atoms with Crippen LogP contribution in [0.2, 0.25) is 0 Å². The van der Waals surface area contributed by atoms with Gasteiger partial charge in [0.25, 0.3) is 0 Å². The van der Waals surface area contributed by atoms with Gasteiger partial charge in [0, 0.05) is 38.0 Å². The Balaban J connectivity index is 0.00000338. The summed E-state index contributed by atoms with van der Waals surface area (Å²) in [5, 5.41) is 7.76. The predicted molar refractivity (Wildman–Crippen MR) is 117 cm³/mol. The molecule has 26 heavy (non-hydrogen) atoms. The van der Waals surface area contributed by atoms with Crippen LogP contribution >= 0.6 is 35.3 Å². The average Bonchev–Trinajstić information content (AvgIpc) is 2.76. The quantitative estimate of drug-likeness (QED) is 0.382. The summed E-state index contributed by atoms with van der Waals surface area (Å²) in [6.07, 6.45) is 0.664. The van der Waals surface area contributed by atoms with Crippen molar-refractivity contribution >= 4 is 47.4 Å². The Morgan fingerprint density at radius 3 is 2.54 bits per heavy atom. The molecule has 1 aromatic heterocycles. The molecule has 7 nitrogen and oxygen atoms in total. The molecule has 1 amide bonds. The second-order valence-electron chi connectivity index (χ2n) is 7.22. The van der Waals surface area contributed by atoms with E-state index in [1.165, 1.54) is 4.88 Å². The number of halogens is 1. The number of aryl methyl sites for hydroxylation is 2. The molecule has 0 aliphatic carbocycles. The number of hydrogen-bond acceptors (Lipinski definition) is 5. The number of guanidine groups is 1. The normalized spacial score (nSPS) is 15.2. The molecule has 1 fully saturated rings. The van der Waals surface area contributed by atoms with Crippen molar-refractivity contribution in [2.24, 2.45) is 4.99 Å². The molecule has 9 heteroatoms. The maximum atomic E-state index is 11.9. The van der Waals surface area contributed by atoms with Crippen LogP contribution in [-0.2, 0) is 11.2 Å². The Morgan fingerprint density at radius 1 is 1.38 bits per heavy atom. The van der Waals surface area contributed by atoms with Crippen LogP contribution in [0.3, 0.4) is 0 Å². The number of likely N-dealkylation sites (tertiary alicyclic amines) is 1. The van der Waals surface area contributed by atoms with Gasteiger partial charge in [-0.15, -0.1) is 35.3 Å². The van der Waals surface area contributed by atoms with Gasteiger partial charge in [0.1, 0.15) is 5.60 Å².